The van der Waals surface area contributed by atoms with Crippen LogP contribution in [-0.4, -0.2) is 28.2 Å². The van der Waals surface area contributed by atoms with Crippen LogP contribution >= 0.6 is 0 Å². The molecule has 2 N–H and O–H groups in total. The van der Waals surface area contributed by atoms with Crippen molar-refractivity contribution in [1.82, 2.24) is 0 Å². The maximum absolute atomic E-state index is 12.8. The van der Waals surface area contributed by atoms with Crippen molar-refractivity contribution in [1.29, 1.82) is 0 Å². The van der Waals surface area contributed by atoms with E-state index in [0.29, 0.717) is 6.42 Å². The fourth-order valence-electron chi connectivity index (χ4n) is 1.98. The third-order valence-corrected chi connectivity index (χ3v) is 3.50. The first-order chi connectivity index (χ1) is 11.9. The van der Waals surface area contributed by atoms with E-state index < -0.39 is 18.3 Å². The molecule has 0 aromatic heterocycles. The molecule has 0 saturated heterocycles. The lowest BCUT2D eigenvalue weighted by atomic mass is 10.1. The molecule has 0 aliphatic carbocycles. The van der Waals surface area contributed by atoms with Gasteiger partial charge in [-0.05, 0) is 25.7 Å². The molecular weight excluding hydrogens is 326 g/mol. The van der Waals surface area contributed by atoms with Crippen LogP contribution in [0.5, 0.6) is 0 Å². The largest absolute Gasteiger partial charge is 0.477 e. The molecule has 0 heterocycles. The third kappa shape index (κ3) is 14.3. The minimum atomic E-state index is -3.65. The highest BCUT2D eigenvalue weighted by Crippen LogP contribution is 2.20. The van der Waals surface area contributed by atoms with Crippen LogP contribution in [0.4, 0.5) is 8.78 Å². The molecule has 1 atom stereocenters. The number of aliphatic hydroxyl groups excluding tert-OH is 1. The van der Waals surface area contributed by atoms with Crippen molar-refractivity contribution in [3.8, 4) is 0 Å². The quantitative estimate of drug-likeness (QED) is 0.248. The number of alkyl halides is 2. The van der Waals surface area contributed by atoms with E-state index in [1.165, 1.54) is 0 Å². The fourth-order valence-corrected chi connectivity index (χ4v) is 1.98. The molecule has 0 unspecified atom stereocenters. The van der Waals surface area contributed by atoms with Gasteiger partial charge in [-0.3, -0.25) is 0 Å². The van der Waals surface area contributed by atoms with E-state index in [1.807, 2.05) is 30.4 Å². The average Bonchev–Trinajstić information content (AvgIpc) is 2.55. The number of aliphatic carboxylic acids is 1. The molecule has 25 heavy (non-hydrogen) atoms. The Bertz CT molecular complexity index is 466. The van der Waals surface area contributed by atoms with E-state index >= 15 is 0 Å². The molecular formula is C20H30F2O3. The summed E-state index contributed by atoms with van der Waals surface area (Å²) in [6, 6.07) is 0. The zero-order valence-electron chi connectivity index (χ0n) is 14.9. The number of carboxylic acids is 1. The van der Waals surface area contributed by atoms with Gasteiger partial charge in [0.25, 0.3) is 0 Å². The summed E-state index contributed by atoms with van der Waals surface area (Å²) in [5.74, 6) is -5.72. The Balaban J connectivity index is 3.75. The monoisotopic (exact) mass is 356 g/mol. The Hall–Kier alpha value is -1.75. The molecule has 3 nitrogen and oxygen atoms in total. The van der Waals surface area contributed by atoms with Crippen LogP contribution in [-0.2, 0) is 4.79 Å². The number of allylic oxidation sites excluding steroid dienone is 7. The summed E-state index contributed by atoms with van der Waals surface area (Å²) in [6.07, 6.45) is 19.1. The summed E-state index contributed by atoms with van der Waals surface area (Å²) in [7, 11) is 0. The Morgan fingerprint density at radius 3 is 2.32 bits per heavy atom. The van der Waals surface area contributed by atoms with Gasteiger partial charge in [0.15, 0.2) is 0 Å². The molecule has 0 bridgehead atoms. The van der Waals surface area contributed by atoms with E-state index in [-0.39, 0.29) is 12.5 Å². The predicted molar refractivity (Wildman–Crippen MR) is 97.8 cm³/mol. The Kier molecular flexibility index (Phi) is 13.6. The van der Waals surface area contributed by atoms with Gasteiger partial charge < -0.3 is 10.2 Å². The van der Waals surface area contributed by atoms with E-state index in [2.05, 4.69) is 6.92 Å². The first-order valence-electron chi connectivity index (χ1n) is 8.82. The van der Waals surface area contributed by atoms with E-state index in [9.17, 15) is 18.7 Å². The normalized spacial score (nSPS) is 14.4. The summed E-state index contributed by atoms with van der Waals surface area (Å²) < 4.78 is 25.6. The lowest BCUT2D eigenvalue weighted by Gasteiger charge is -2.08. The summed E-state index contributed by atoms with van der Waals surface area (Å²) in [5, 5.41) is 17.9. The van der Waals surface area contributed by atoms with Crippen LogP contribution in [0.15, 0.2) is 48.6 Å². The zero-order chi connectivity index (χ0) is 19.0. The van der Waals surface area contributed by atoms with Crippen LogP contribution in [0.25, 0.3) is 0 Å². The molecule has 0 aromatic rings. The van der Waals surface area contributed by atoms with Crippen molar-refractivity contribution in [3.05, 3.63) is 48.6 Å². The highest BCUT2D eigenvalue weighted by molar-refractivity contribution is 5.75. The lowest BCUT2D eigenvalue weighted by Crippen LogP contribution is -2.27. The molecule has 0 spiro atoms. The van der Waals surface area contributed by atoms with Gasteiger partial charge in [-0.25, -0.2) is 4.79 Å². The van der Waals surface area contributed by atoms with Gasteiger partial charge in [-0.1, -0.05) is 74.8 Å². The molecule has 0 rings (SSSR count). The van der Waals surface area contributed by atoms with Crippen molar-refractivity contribution < 1.29 is 23.8 Å². The Morgan fingerprint density at radius 2 is 1.68 bits per heavy atom. The van der Waals surface area contributed by atoms with Gasteiger partial charge in [-0.2, -0.15) is 8.78 Å². The molecule has 0 aliphatic heterocycles. The topological polar surface area (TPSA) is 57.5 Å². The maximum Gasteiger partial charge on any atom is 0.374 e. The number of rotatable bonds is 14. The second-order valence-corrected chi connectivity index (χ2v) is 5.84. The van der Waals surface area contributed by atoms with Crippen molar-refractivity contribution in [2.45, 2.75) is 70.3 Å². The number of hydrogen-bond acceptors (Lipinski definition) is 2. The lowest BCUT2D eigenvalue weighted by molar-refractivity contribution is -0.165. The minimum Gasteiger partial charge on any atom is -0.477 e. The van der Waals surface area contributed by atoms with Gasteiger partial charge in [-0.15, -0.1) is 0 Å². The predicted octanol–water partition coefficient (Wildman–Crippen LogP) is 5.43. The second-order valence-electron chi connectivity index (χ2n) is 5.84. The van der Waals surface area contributed by atoms with E-state index in [0.717, 1.165) is 32.1 Å². The highest BCUT2D eigenvalue weighted by Gasteiger charge is 2.37. The van der Waals surface area contributed by atoms with Crippen molar-refractivity contribution in [3.63, 3.8) is 0 Å². The molecule has 142 valence electrons. The first-order valence-corrected chi connectivity index (χ1v) is 8.82. The summed E-state index contributed by atoms with van der Waals surface area (Å²) in [6.45, 7) is 2.13. The van der Waals surface area contributed by atoms with E-state index in [1.54, 1.807) is 18.2 Å². The van der Waals surface area contributed by atoms with Crippen LogP contribution < -0.4 is 0 Å². The van der Waals surface area contributed by atoms with Gasteiger partial charge >= 0.3 is 11.9 Å². The highest BCUT2D eigenvalue weighted by atomic mass is 19.3. The summed E-state index contributed by atoms with van der Waals surface area (Å²) >= 11 is 0. The number of carbonyl (C=O) groups is 1. The number of aliphatic hydroxyl groups is 1. The van der Waals surface area contributed by atoms with Gasteiger partial charge in [0.1, 0.15) is 0 Å². The second kappa shape index (κ2) is 14.6. The van der Waals surface area contributed by atoms with Gasteiger partial charge in [0.2, 0.25) is 0 Å². The molecule has 0 aromatic carbocycles. The Labute approximate surface area is 149 Å². The van der Waals surface area contributed by atoms with Crippen molar-refractivity contribution >= 4 is 5.97 Å². The molecule has 0 aliphatic rings. The standard InChI is InChI=1S/C20H30F2O3/c1-2-3-12-15-18(23)16-13-10-8-6-4-5-7-9-11-14-17-20(21,22)19(24)25/h4-5,8-11,13,16,18,23H,2-3,6-7,12,14-15,17H2,1H3,(H,24,25)/b5-4+,10-8+,11-9+,16-13+/t18-/m0/s1. The molecule has 0 amide bonds. The Morgan fingerprint density at radius 1 is 1.04 bits per heavy atom. The third-order valence-electron chi connectivity index (χ3n) is 3.50. The maximum atomic E-state index is 12.8. The fraction of sp³-hybridized carbons (Fsp3) is 0.550. The van der Waals surface area contributed by atoms with Gasteiger partial charge in [0, 0.05) is 6.42 Å². The van der Waals surface area contributed by atoms with E-state index in [4.69, 9.17) is 5.11 Å². The zero-order valence-corrected chi connectivity index (χ0v) is 14.9. The molecule has 0 saturated carbocycles. The number of halogens is 2. The average molecular weight is 356 g/mol. The summed E-state index contributed by atoms with van der Waals surface area (Å²) in [4.78, 5) is 10.2. The molecule has 5 heteroatoms. The van der Waals surface area contributed by atoms with Crippen molar-refractivity contribution in [2.24, 2.45) is 0 Å². The minimum absolute atomic E-state index is 0.0401. The van der Waals surface area contributed by atoms with Crippen LogP contribution in [0, 0.1) is 0 Å². The van der Waals surface area contributed by atoms with Crippen LogP contribution in [0.3, 0.4) is 0 Å². The summed E-state index contributed by atoms with van der Waals surface area (Å²) in [5.41, 5.74) is 0. The SMILES string of the molecule is CCCCC[C@H](O)/C=C/C=C/C/C=C/C/C=C/CCC(F)(F)C(=O)O. The van der Waals surface area contributed by atoms with Crippen LogP contribution in [0.1, 0.15) is 58.3 Å². The first kappa shape index (κ1) is 23.2. The number of hydrogen-bond donors (Lipinski definition) is 2. The van der Waals surface area contributed by atoms with Crippen molar-refractivity contribution in [2.75, 3.05) is 0 Å². The number of unbranched alkanes of at least 4 members (excludes halogenated alkanes) is 2. The molecule has 0 radical (unpaired) electrons. The van der Waals surface area contributed by atoms with Crippen LogP contribution in [0.2, 0.25) is 0 Å². The number of carboxylic acid groups (broad SMARTS) is 1. The van der Waals surface area contributed by atoms with Gasteiger partial charge in [0.05, 0.1) is 6.10 Å². The molecule has 0 fully saturated rings. The smallest absolute Gasteiger partial charge is 0.374 e.